The molecule has 0 spiro atoms. The molecule has 1 fully saturated rings. The Morgan fingerprint density at radius 1 is 1.16 bits per heavy atom. The molecule has 0 unspecified atom stereocenters. The average Bonchev–Trinajstić information content (AvgIpc) is 3.50. The van der Waals surface area contributed by atoms with Crippen LogP contribution in [0.25, 0.3) is 0 Å². The Balaban J connectivity index is 1.81. The number of hydrogen-bond donors (Lipinski definition) is 2. The summed E-state index contributed by atoms with van der Waals surface area (Å²) in [5, 5.41) is 5.62. The van der Waals surface area contributed by atoms with Gasteiger partial charge in [-0.05, 0) is 49.1 Å². The summed E-state index contributed by atoms with van der Waals surface area (Å²) in [6, 6.07) is 7.89. The summed E-state index contributed by atoms with van der Waals surface area (Å²) in [5.41, 5.74) is 0.531. The van der Waals surface area contributed by atoms with Crippen molar-refractivity contribution in [2.45, 2.75) is 57.5 Å². The largest absolute Gasteiger partial charge is 0.459 e. The number of furan rings is 1. The minimum absolute atomic E-state index is 0.0761. The first-order valence-electron chi connectivity index (χ1n) is 11.2. The second-order valence-electron chi connectivity index (χ2n) is 8.04. The summed E-state index contributed by atoms with van der Waals surface area (Å²) in [7, 11) is 0. The Bertz CT molecular complexity index is 892. The van der Waals surface area contributed by atoms with Crippen molar-refractivity contribution in [3.8, 4) is 0 Å². The molecule has 7 nitrogen and oxygen atoms in total. The van der Waals surface area contributed by atoms with Gasteiger partial charge in [0.05, 0.1) is 12.8 Å². The van der Waals surface area contributed by atoms with E-state index in [2.05, 4.69) is 10.6 Å². The van der Waals surface area contributed by atoms with Crippen LogP contribution in [0.2, 0.25) is 0 Å². The van der Waals surface area contributed by atoms with Gasteiger partial charge in [-0.2, -0.15) is 0 Å². The zero-order chi connectivity index (χ0) is 22.9. The van der Waals surface area contributed by atoms with E-state index in [4.69, 9.17) is 4.42 Å². The number of carbonyl (C=O) groups is 3. The summed E-state index contributed by atoms with van der Waals surface area (Å²) in [4.78, 5) is 40.2. The lowest BCUT2D eigenvalue weighted by molar-refractivity contribution is -0.140. The Kier molecular flexibility index (Phi) is 8.41. The molecule has 32 heavy (non-hydrogen) atoms. The number of benzene rings is 1. The maximum atomic E-state index is 13.5. The minimum atomic E-state index is -0.907. The second-order valence-corrected chi connectivity index (χ2v) is 8.04. The molecule has 1 heterocycles. The number of carbonyl (C=O) groups excluding carboxylic acids is 3. The van der Waals surface area contributed by atoms with Crippen molar-refractivity contribution in [1.29, 1.82) is 0 Å². The molecule has 0 saturated heterocycles. The summed E-state index contributed by atoms with van der Waals surface area (Å²) >= 11 is 0. The van der Waals surface area contributed by atoms with Crippen molar-refractivity contribution in [1.82, 2.24) is 15.5 Å². The molecule has 2 N–H and O–H groups in total. The van der Waals surface area contributed by atoms with E-state index in [0.29, 0.717) is 18.5 Å². The lowest BCUT2D eigenvalue weighted by Gasteiger charge is -2.32. The minimum Gasteiger partial charge on any atom is -0.459 e. The molecule has 0 radical (unpaired) electrons. The van der Waals surface area contributed by atoms with Crippen LogP contribution in [0.3, 0.4) is 0 Å². The predicted octanol–water partition coefficient (Wildman–Crippen LogP) is 3.58. The molecule has 1 saturated carbocycles. The molecule has 3 rings (SSSR count). The van der Waals surface area contributed by atoms with Gasteiger partial charge in [-0.15, -0.1) is 0 Å². The fourth-order valence-corrected chi connectivity index (χ4v) is 3.95. The molecule has 1 aromatic heterocycles. The quantitative estimate of drug-likeness (QED) is 0.587. The number of amides is 3. The Labute approximate surface area is 187 Å². The van der Waals surface area contributed by atoms with Crippen LogP contribution in [0.15, 0.2) is 47.1 Å². The number of nitrogens with one attached hydrogen (secondary N) is 2. The smallest absolute Gasteiger partial charge is 0.287 e. The van der Waals surface area contributed by atoms with Crippen LogP contribution in [0.5, 0.6) is 0 Å². The summed E-state index contributed by atoms with van der Waals surface area (Å²) in [6.45, 7) is 2.05. The van der Waals surface area contributed by atoms with Gasteiger partial charge in [0.2, 0.25) is 11.8 Å². The van der Waals surface area contributed by atoms with E-state index in [1.807, 2.05) is 6.92 Å². The van der Waals surface area contributed by atoms with E-state index in [9.17, 15) is 18.8 Å². The topological polar surface area (TPSA) is 91.7 Å². The van der Waals surface area contributed by atoms with Gasteiger partial charge < -0.3 is 20.0 Å². The van der Waals surface area contributed by atoms with E-state index < -0.39 is 23.7 Å². The number of hydrogen-bond acceptors (Lipinski definition) is 4. The fraction of sp³-hybridized carbons (Fsp3) is 0.458. The normalized spacial score (nSPS) is 14.7. The average molecular weight is 444 g/mol. The molecule has 1 aromatic carbocycles. The highest BCUT2D eigenvalue weighted by Gasteiger charge is 2.33. The second kappa shape index (κ2) is 11.5. The van der Waals surface area contributed by atoms with E-state index >= 15 is 0 Å². The molecule has 8 heteroatoms. The van der Waals surface area contributed by atoms with Crippen molar-refractivity contribution < 1.29 is 23.2 Å². The van der Waals surface area contributed by atoms with E-state index in [-0.39, 0.29) is 24.3 Å². The maximum Gasteiger partial charge on any atom is 0.287 e. The van der Waals surface area contributed by atoms with Gasteiger partial charge >= 0.3 is 0 Å². The standard InChI is InChI=1S/C24H30FN3O4/c1-2-3-14-28(21(29)16-26-23(30)20-9-6-15-32-20)22(17-10-12-18(25)13-11-17)24(31)27-19-7-4-5-8-19/h6,9-13,15,19,22H,2-5,7-8,14,16H2,1H3,(H,26,30)(H,27,31)/t22-/m0/s1. The van der Waals surface area contributed by atoms with Crippen molar-refractivity contribution in [3.05, 3.63) is 59.8 Å². The number of rotatable bonds is 10. The zero-order valence-electron chi connectivity index (χ0n) is 18.3. The molecule has 0 aliphatic heterocycles. The molecule has 1 atom stereocenters. The van der Waals surface area contributed by atoms with Crippen LogP contribution in [0.1, 0.15) is 67.6 Å². The number of halogens is 1. The highest BCUT2D eigenvalue weighted by Crippen LogP contribution is 2.25. The monoisotopic (exact) mass is 443 g/mol. The number of nitrogens with zero attached hydrogens (tertiary/aromatic N) is 1. The summed E-state index contributed by atoms with van der Waals surface area (Å²) < 4.78 is 18.6. The third kappa shape index (κ3) is 6.18. The molecular weight excluding hydrogens is 413 g/mol. The highest BCUT2D eigenvalue weighted by atomic mass is 19.1. The summed E-state index contributed by atoms with van der Waals surface area (Å²) in [6.07, 6.45) is 6.82. The molecule has 1 aliphatic rings. The molecule has 3 amide bonds. The Morgan fingerprint density at radius 2 is 1.88 bits per heavy atom. The molecular formula is C24H30FN3O4. The van der Waals surface area contributed by atoms with E-state index in [1.54, 1.807) is 6.07 Å². The first-order valence-corrected chi connectivity index (χ1v) is 11.2. The van der Waals surface area contributed by atoms with E-state index in [1.165, 1.54) is 41.5 Å². The van der Waals surface area contributed by atoms with Crippen molar-refractivity contribution in [2.24, 2.45) is 0 Å². The van der Waals surface area contributed by atoms with E-state index in [0.717, 1.165) is 32.1 Å². The van der Waals surface area contributed by atoms with Gasteiger partial charge in [0.15, 0.2) is 5.76 Å². The van der Waals surface area contributed by atoms with Crippen LogP contribution in [0.4, 0.5) is 4.39 Å². The van der Waals surface area contributed by atoms with Gasteiger partial charge in [-0.3, -0.25) is 14.4 Å². The molecule has 172 valence electrons. The number of unbranched alkanes of at least 4 members (excludes halogenated alkanes) is 1. The molecule has 0 bridgehead atoms. The lowest BCUT2D eigenvalue weighted by Crippen LogP contribution is -2.49. The lowest BCUT2D eigenvalue weighted by atomic mass is 10.0. The Morgan fingerprint density at radius 3 is 2.50 bits per heavy atom. The molecule has 1 aliphatic carbocycles. The van der Waals surface area contributed by atoms with Crippen molar-refractivity contribution in [3.63, 3.8) is 0 Å². The third-order valence-corrected chi connectivity index (χ3v) is 5.67. The van der Waals surface area contributed by atoms with Crippen molar-refractivity contribution >= 4 is 17.7 Å². The SMILES string of the molecule is CCCCN(C(=O)CNC(=O)c1ccco1)[C@H](C(=O)NC1CCCC1)c1ccc(F)cc1. The first-order chi connectivity index (χ1) is 15.5. The Hall–Kier alpha value is -3.16. The van der Waals surface area contributed by atoms with Crippen molar-refractivity contribution in [2.75, 3.05) is 13.1 Å². The van der Waals surface area contributed by atoms with Gasteiger partial charge in [-0.1, -0.05) is 38.3 Å². The van der Waals surface area contributed by atoms with Crippen LogP contribution in [-0.2, 0) is 9.59 Å². The van der Waals surface area contributed by atoms with Crippen LogP contribution >= 0.6 is 0 Å². The van der Waals surface area contributed by atoms with Gasteiger partial charge in [0.25, 0.3) is 5.91 Å². The first kappa shape index (κ1) is 23.5. The van der Waals surface area contributed by atoms with Crippen LogP contribution < -0.4 is 10.6 Å². The van der Waals surface area contributed by atoms with Crippen LogP contribution in [-0.4, -0.2) is 41.8 Å². The maximum absolute atomic E-state index is 13.5. The molecule has 2 aromatic rings. The fourth-order valence-electron chi connectivity index (χ4n) is 3.95. The van der Waals surface area contributed by atoms with Crippen LogP contribution in [0, 0.1) is 5.82 Å². The van der Waals surface area contributed by atoms with Gasteiger partial charge in [0.1, 0.15) is 11.9 Å². The van der Waals surface area contributed by atoms with Gasteiger partial charge in [0, 0.05) is 12.6 Å². The third-order valence-electron chi connectivity index (χ3n) is 5.67. The van der Waals surface area contributed by atoms with Gasteiger partial charge in [-0.25, -0.2) is 4.39 Å². The summed E-state index contributed by atoms with van der Waals surface area (Å²) in [5.74, 6) is -1.50. The zero-order valence-corrected chi connectivity index (χ0v) is 18.3. The highest BCUT2D eigenvalue weighted by molar-refractivity contribution is 5.95. The predicted molar refractivity (Wildman–Crippen MR) is 117 cm³/mol.